The Balaban J connectivity index is 1.72. The minimum atomic E-state index is -0.569. The van der Waals surface area contributed by atoms with Gasteiger partial charge in [0.1, 0.15) is 11.3 Å². The number of hydrogen-bond acceptors (Lipinski definition) is 7. The van der Waals surface area contributed by atoms with E-state index in [0.717, 1.165) is 0 Å². The zero-order valence-corrected chi connectivity index (χ0v) is 14.7. The predicted molar refractivity (Wildman–Crippen MR) is 94.5 cm³/mol. The van der Waals surface area contributed by atoms with E-state index in [4.69, 9.17) is 14.2 Å². The summed E-state index contributed by atoms with van der Waals surface area (Å²) in [7, 11) is 1.26. The number of amides is 1. The maximum absolute atomic E-state index is 12.3. The molecule has 140 valence electrons. The highest BCUT2D eigenvalue weighted by Crippen LogP contribution is 2.37. The van der Waals surface area contributed by atoms with Gasteiger partial charge in [0.05, 0.1) is 12.8 Å². The number of anilines is 1. The van der Waals surface area contributed by atoms with Crippen LogP contribution in [-0.2, 0) is 9.53 Å². The molecule has 8 nitrogen and oxygen atoms in total. The normalized spacial score (nSPS) is 11.6. The summed E-state index contributed by atoms with van der Waals surface area (Å²) in [5.41, 5.74) is 0.796. The highest BCUT2D eigenvalue weighted by molar-refractivity contribution is 6.05. The third-order valence-corrected chi connectivity index (χ3v) is 3.82. The molecular weight excluding hydrogens is 354 g/mol. The first kappa shape index (κ1) is 18.2. The molecule has 1 aliphatic rings. The second-order valence-corrected chi connectivity index (χ2v) is 5.63. The van der Waals surface area contributed by atoms with Crippen LogP contribution in [0.1, 0.15) is 27.6 Å². The number of fused-ring (bicyclic) bond motifs is 1. The van der Waals surface area contributed by atoms with Crippen molar-refractivity contribution < 1.29 is 33.3 Å². The summed E-state index contributed by atoms with van der Waals surface area (Å²) in [6, 6.07) is 9.47. The molecule has 0 bridgehead atoms. The molecule has 27 heavy (non-hydrogen) atoms. The zero-order valence-electron chi connectivity index (χ0n) is 14.7. The van der Waals surface area contributed by atoms with E-state index in [-0.39, 0.29) is 30.5 Å². The van der Waals surface area contributed by atoms with Crippen LogP contribution in [0.15, 0.2) is 36.4 Å². The van der Waals surface area contributed by atoms with Gasteiger partial charge in [-0.3, -0.25) is 9.59 Å². The molecule has 0 radical (unpaired) electrons. The van der Waals surface area contributed by atoms with E-state index >= 15 is 0 Å². The Morgan fingerprint density at radius 2 is 1.78 bits per heavy atom. The maximum Gasteiger partial charge on any atom is 0.341 e. The number of para-hydroxylation sites is 1. The third kappa shape index (κ3) is 4.00. The number of ketones is 1. The third-order valence-electron chi connectivity index (χ3n) is 3.82. The molecule has 0 aromatic heterocycles. The standard InChI is InChI=1S/C19H17NO7/c1-11(21)13-7-16-17(27-10-26-16)8-14(13)20-18(22)9-25-15-6-4-3-5-12(15)19(23)24-2/h3-8H,9-10H2,1-2H3,(H,20,22). The van der Waals surface area contributed by atoms with E-state index in [2.05, 4.69) is 10.1 Å². The van der Waals surface area contributed by atoms with Crippen molar-refractivity contribution in [3.8, 4) is 17.2 Å². The molecule has 0 saturated carbocycles. The van der Waals surface area contributed by atoms with Crippen LogP contribution in [-0.4, -0.2) is 38.2 Å². The maximum atomic E-state index is 12.3. The number of esters is 1. The van der Waals surface area contributed by atoms with Crippen molar-refractivity contribution in [2.45, 2.75) is 6.92 Å². The number of ether oxygens (including phenoxy) is 4. The number of methoxy groups -OCH3 is 1. The summed E-state index contributed by atoms with van der Waals surface area (Å²) in [5, 5.41) is 2.62. The Morgan fingerprint density at radius 3 is 2.48 bits per heavy atom. The molecule has 1 amide bonds. The van der Waals surface area contributed by atoms with Crippen LogP contribution in [0.5, 0.6) is 17.2 Å². The van der Waals surface area contributed by atoms with Gasteiger partial charge in [-0.2, -0.15) is 0 Å². The first-order chi connectivity index (χ1) is 13.0. The Hall–Kier alpha value is -3.55. The van der Waals surface area contributed by atoms with Gasteiger partial charge in [-0.1, -0.05) is 12.1 Å². The van der Waals surface area contributed by atoms with Gasteiger partial charge in [0.25, 0.3) is 5.91 Å². The van der Waals surface area contributed by atoms with Gasteiger partial charge in [0.15, 0.2) is 23.9 Å². The Morgan fingerprint density at radius 1 is 1.07 bits per heavy atom. The molecule has 1 N–H and O–H groups in total. The monoisotopic (exact) mass is 371 g/mol. The summed E-state index contributed by atoms with van der Waals surface area (Å²) < 4.78 is 20.6. The minimum Gasteiger partial charge on any atom is -0.483 e. The number of rotatable bonds is 6. The molecule has 3 rings (SSSR count). The van der Waals surface area contributed by atoms with Crippen LogP contribution in [0, 0.1) is 0 Å². The summed E-state index contributed by atoms with van der Waals surface area (Å²) in [4.78, 5) is 35.9. The fourth-order valence-electron chi connectivity index (χ4n) is 2.54. The number of Topliss-reactive ketones (excluding diaryl/α,β-unsaturated/α-hetero) is 1. The van der Waals surface area contributed by atoms with Crippen LogP contribution in [0.4, 0.5) is 5.69 Å². The van der Waals surface area contributed by atoms with Crippen molar-refractivity contribution in [1.29, 1.82) is 0 Å². The predicted octanol–water partition coefficient (Wildman–Crippen LogP) is 2.42. The molecule has 0 aliphatic carbocycles. The van der Waals surface area contributed by atoms with Gasteiger partial charge >= 0.3 is 5.97 Å². The van der Waals surface area contributed by atoms with Crippen molar-refractivity contribution >= 4 is 23.3 Å². The van der Waals surface area contributed by atoms with Crippen LogP contribution < -0.4 is 19.5 Å². The van der Waals surface area contributed by atoms with Gasteiger partial charge in [0.2, 0.25) is 6.79 Å². The molecular formula is C19H17NO7. The van der Waals surface area contributed by atoms with Gasteiger partial charge < -0.3 is 24.3 Å². The van der Waals surface area contributed by atoms with Gasteiger partial charge in [-0.25, -0.2) is 4.79 Å². The van der Waals surface area contributed by atoms with Crippen LogP contribution >= 0.6 is 0 Å². The Kier molecular flexibility index (Phi) is 5.25. The lowest BCUT2D eigenvalue weighted by molar-refractivity contribution is -0.118. The van der Waals surface area contributed by atoms with Crippen LogP contribution in [0.3, 0.4) is 0 Å². The van der Waals surface area contributed by atoms with Crippen LogP contribution in [0.25, 0.3) is 0 Å². The molecule has 8 heteroatoms. The summed E-state index contributed by atoms with van der Waals surface area (Å²) in [5.74, 6) is -0.206. The van der Waals surface area contributed by atoms with Crippen LogP contribution in [0.2, 0.25) is 0 Å². The average Bonchev–Trinajstić information content (AvgIpc) is 3.12. The largest absolute Gasteiger partial charge is 0.483 e. The second-order valence-electron chi connectivity index (χ2n) is 5.63. The SMILES string of the molecule is COC(=O)c1ccccc1OCC(=O)Nc1cc2c(cc1C(C)=O)OCO2. The Bertz CT molecular complexity index is 907. The molecule has 0 saturated heterocycles. The number of hydrogen-bond donors (Lipinski definition) is 1. The van der Waals surface area contributed by atoms with E-state index in [1.165, 1.54) is 32.2 Å². The second kappa shape index (κ2) is 7.77. The quantitative estimate of drug-likeness (QED) is 0.615. The van der Waals surface area contributed by atoms with Crippen molar-refractivity contribution in [3.63, 3.8) is 0 Å². The first-order valence-corrected chi connectivity index (χ1v) is 8.04. The molecule has 0 spiro atoms. The smallest absolute Gasteiger partial charge is 0.341 e. The molecule has 2 aromatic carbocycles. The van der Waals surface area contributed by atoms with E-state index in [1.54, 1.807) is 18.2 Å². The van der Waals surface area contributed by atoms with Gasteiger partial charge in [-0.15, -0.1) is 0 Å². The molecule has 0 atom stereocenters. The summed E-state index contributed by atoms with van der Waals surface area (Å²) in [6.07, 6.45) is 0. The highest BCUT2D eigenvalue weighted by atomic mass is 16.7. The highest BCUT2D eigenvalue weighted by Gasteiger charge is 2.21. The van der Waals surface area contributed by atoms with Gasteiger partial charge in [-0.05, 0) is 25.1 Å². The van der Waals surface area contributed by atoms with E-state index < -0.39 is 11.9 Å². The number of benzene rings is 2. The molecule has 2 aromatic rings. The number of nitrogens with one attached hydrogen (secondary N) is 1. The zero-order chi connectivity index (χ0) is 19.4. The van der Waals surface area contributed by atoms with E-state index in [9.17, 15) is 14.4 Å². The summed E-state index contributed by atoms with van der Waals surface area (Å²) in [6.45, 7) is 1.08. The van der Waals surface area contributed by atoms with Crippen molar-refractivity contribution in [2.24, 2.45) is 0 Å². The Labute approximate surface area is 155 Å². The molecule has 0 unspecified atom stereocenters. The molecule has 0 fully saturated rings. The fraction of sp³-hybridized carbons (Fsp3) is 0.211. The average molecular weight is 371 g/mol. The summed E-state index contributed by atoms with van der Waals surface area (Å²) >= 11 is 0. The lowest BCUT2D eigenvalue weighted by atomic mass is 10.1. The number of carbonyl (C=O) groups excluding carboxylic acids is 3. The molecule has 1 heterocycles. The molecule has 1 aliphatic heterocycles. The lowest BCUT2D eigenvalue weighted by Crippen LogP contribution is -2.22. The minimum absolute atomic E-state index is 0.0531. The van der Waals surface area contributed by atoms with E-state index in [1.807, 2.05) is 0 Å². The van der Waals surface area contributed by atoms with Crippen molar-refractivity contribution in [1.82, 2.24) is 0 Å². The first-order valence-electron chi connectivity index (χ1n) is 8.04. The van der Waals surface area contributed by atoms with E-state index in [0.29, 0.717) is 22.7 Å². The van der Waals surface area contributed by atoms with Gasteiger partial charge in [0, 0.05) is 11.6 Å². The number of carbonyl (C=O) groups is 3. The fourth-order valence-corrected chi connectivity index (χ4v) is 2.54. The topological polar surface area (TPSA) is 100 Å². The lowest BCUT2D eigenvalue weighted by Gasteiger charge is -2.12. The van der Waals surface area contributed by atoms with Crippen molar-refractivity contribution in [2.75, 3.05) is 25.8 Å². The van der Waals surface area contributed by atoms with Crippen molar-refractivity contribution in [3.05, 3.63) is 47.5 Å².